The van der Waals surface area contributed by atoms with E-state index in [0.717, 1.165) is 30.8 Å². The average molecular weight is 337 g/mol. The summed E-state index contributed by atoms with van der Waals surface area (Å²) in [7, 11) is 0. The molecule has 0 saturated carbocycles. The van der Waals surface area contributed by atoms with E-state index in [2.05, 4.69) is 53.1 Å². The van der Waals surface area contributed by atoms with Crippen LogP contribution in [0.2, 0.25) is 0 Å². The molecule has 0 radical (unpaired) electrons. The topological polar surface area (TPSA) is 30.7 Å². The number of aromatic nitrogens is 3. The van der Waals surface area contributed by atoms with Crippen LogP contribution in [0.15, 0.2) is 61.1 Å². The average Bonchev–Trinajstić information content (AvgIpc) is 3.04. The minimum atomic E-state index is 0.567. The van der Waals surface area contributed by atoms with E-state index in [0.29, 0.717) is 5.25 Å². The van der Waals surface area contributed by atoms with E-state index in [1.165, 1.54) is 11.3 Å². The van der Waals surface area contributed by atoms with E-state index in [1.54, 1.807) is 0 Å². The Labute approximate surface area is 148 Å². The van der Waals surface area contributed by atoms with Crippen molar-refractivity contribution < 1.29 is 0 Å². The molecule has 0 spiro atoms. The van der Waals surface area contributed by atoms with Gasteiger partial charge in [0.25, 0.3) is 0 Å². The number of hydrogen-bond donors (Lipinski definition) is 0. The Morgan fingerprint density at radius 3 is 2.54 bits per heavy atom. The lowest BCUT2D eigenvalue weighted by Gasteiger charge is -2.13. The first kappa shape index (κ1) is 16.8. The van der Waals surface area contributed by atoms with Gasteiger partial charge in [-0.1, -0.05) is 43.3 Å². The number of pyridine rings is 1. The molecule has 0 aliphatic heterocycles. The summed E-state index contributed by atoms with van der Waals surface area (Å²) in [5.41, 5.74) is 4.74. The molecule has 0 aliphatic rings. The van der Waals surface area contributed by atoms with Crippen molar-refractivity contribution >= 4 is 11.8 Å². The van der Waals surface area contributed by atoms with E-state index >= 15 is 0 Å². The highest BCUT2D eigenvalue weighted by Crippen LogP contribution is 2.25. The minimum Gasteiger partial charge on any atom is -0.334 e. The number of rotatable bonds is 7. The van der Waals surface area contributed by atoms with Crippen LogP contribution in [0.4, 0.5) is 0 Å². The van der Waals surface area contributed by atoms with Crippen LogP contribution in [0.3, 0.4) is 0 Å². The Bertz CT molecular complexity index is 753. The summed E-state index contributed by atoms with van der Waals surface area (Å²) >= 11 is 1.90. The first-order valence-corrected chi connectivity index (χ1v) is 9.59. The lowest BCUT2D eigenvalue weighted by atomic mass is 10.1. The molecule has 0 fully saturated rings. The molecule has 124 valence electrons. The summed E-state index contributed by atoms with van der Waals surface area (Å²) in [5.74, 6) is 0. The van der Waals surface area contributed by atoms with Gasteiger partial charge in [0.1, 0.15) is 0 Å². The van der Waals surface area contributed by atoms with Gasteiger partial charge in [0, 0.05) is 47.8 Å². The molecule has 1 aromatic carbocycles. The van der Waals surface area contributed by atoms with Gasteiger partial charge in [-0.25, -0.2) is 4.98 Å². The van der Waals surface area contributed by atoms with E-state index < -0.39 is 0 Å². The molecule has 0 bridgehead atoms. The van der Waals surface area contributed by atoms with Gasteiger partial charge in [0.05, 0.1) is 12.0 Å². The summed E-state index contributed by atoms with van der Waals surface area (Å²) in [6.45, 7) is 3.18. The van der Waals surface area contributed by atoms with Gasteiger partial charge < -0.3 is 4.57 Å². The Morgan fingerprint density at radius 2 is 1.83 bits per heavy atom. The largest absolute Gasteiger partial charge is 0.334 e. The van der Waals surface area contributed by atoms with Crippen LogP contribution in [0, 0.1) is 0 Å². The second-order valence-electron chi connectivity index (χ2n) is 5.92. The third-order valence-corrected chi connectivity index (χ3v) is 5.18. The third kappa shape index (κ3) is 4.06. The summed E-state index contributed by atoms with van der Waals surface area (Å²) in [5, 5.41) is 0.567. The molecule has 0 N–H and O–H groups in total. The molecule has 0 aliphatic carbocycles. The molecule has 0 unspecified atom stereocenters. The monoisotopic (exact) mass is 337 g/mol. The highest BCUT2D eigenvalue weighted by Gasteiger charge is 2.15. The van der Waals surface area contributed by atoms with Crippen LogP contribution in [-0.2, 0) is 19.4 Å². The van der Waals surface area contributed by atoms with Crippen LogP contribution in [-0.4, -0.2) is 26.0 Å². The highest BCUT2D eigenvalue weighted by molar-refractivity contribution is 7.99. The van der Waals surface area contributed by atoms with Gasteiger partial charge in [-0.05, 0) is 18.4 Å². The SMILES string of the molecule is CS[C@H](C)Cc1c(-c2ccccc2)ncn1CCc1ccccn1. The molecular formula is C20H23N3S. The molecule has 24 heavy (non-hydrogen) atoms. The number of imidazole rings is 1. The number of thioether (sulfide) groups is 1. The van der Waals surface area contributed by atoms with Gasteiger partial charge in [-0.3, -0.25) is 4.98 Å². The predicted octanol–water partition coefficient (Wildman–Crippen LogP) is 4.48. The van der Waals surface area contributed by atoms with Gasteiger partial charge in [0.15, 0.2) is 0 Å². The maximum Gasteiger partial charge on any atom is 0.0956 e. The first-order valence-electron chi connectivity index (χ1n) is 8.30. The molecule has 1 atom stereocenters. The van der Waals surface area contributed by atoms with E-state index in [-0.39, 0.29) is 0 Å². The van der Waals surface area contributed by atoms with Gasteiger partial charge in [0.2, 0.25) is 0 Å². The predicted molar refractivity (Wildman–Crippen MR) is 102 cm³/mol. The van der Waals surface area contributed by atoms with Crippen molar-refractivity contribution in [1.29, 1.82) is 0 Å². The minimum absolute atomic E-state index is 0.567. The molecule has 2 heterocycles. The third-order valence-electron chi connectivity index (χ3n) is 4.21. The van der Waals surface area contributed by atoms with Gasteiger partial charge in [-0.15, -0.1) is 0 Å². The quantitative estimate of drug-likeness (QED) is 0.637. The molecule has 0 amide bonds. The van der Waals surface area contributed by atoms with Crippen molar-refractivity contribution in [3.8, 4) is 11.3 Å². The van der Waals surface area contributed by atoms with Crippen molar-refractivity contribution in [3.63, 3.8) is 0 Å². The maximum absolute atomic E-state index is 4.72. The Morgan fingerprint density at radius 1 is 1.04 bits per heavy atom. The lowest BCUT2D eigenvalue weighted by Crippen LogP contribution is -2.10. The zero-order valence-electron chi connectivity index (χ0n) is 14.2. The molecule has 3 aromatic rings. The highest BCUT2D eigenvalue weighted by atomic mass is 32.2. The first-order chi connectivity index (χ1) is 11.8. The lowest BCUT2D eigenvalue weighted by molar-refractivity contribution is 0.648. The van der Waals surface area contributed by atoms with Crippen molar-refractivity contribution in [2.75, 3.05) is 6.26 Å². The summed E-state index contributed by atoms with van der Waals surface area (Å²) < 4.78 is 2.30. The van der Waals surface area contributed by atoms with E-state index in [4.69, 9.17) is 4.98 Å². The fraction of sp³-hybridized carbons (Fsp3) is 0.300. The normalized spacial score (nSPS) is 12.2. The molecular weight excluding hydrogens is 314 g/mol. The standard InChI is InChI=1S/C20H23N3S/c1-16(24-2)14-19-20(17-8-4-3-5-9-17)22-15-23(19)13-11-18-10-6-7-12-21-18/h3-10,12,15-16H,11,13-14H2,1-2H3/t16-/m1/s1. The molecule has 3 rings (SSSR count). The maximum atomic E-state index is 4.72. The molecule has 2 aromatic heterocycles. The molecule has 3 nitrogen and oxygen atoms in total. The fourth-order valence-corrected chi connectivity index (χ4v) is 3.11. The van der Waals surface area contributed by atoms with Gasteiger partial charge >= 0.3 is 0 Å². The molecule has 0 saturated heterocycles. The number of hydrogen-bond acceptors (Lipinski definition) is 3. The zero-order valence-corrected chi connectivity index (χ0v) is 15.0. The van der Waals surface area contributed by atoms with Crippen molar-refractivity contribution in [2.45, 2.75) is 31.6 Å². The zero-order chi connectivity index (χ0) is 16.8. The molecule has 4 heteroatoms. The smallest absolute Gasteiger partial charge is 0.0956 e. The van der Waals surface area contributed by atoms with Crippen molar-refractivity contribution in [1.82, 2.24) is 14.5 Å². The van der Waals surface area contributed by atoms with Crippen LogP contribution in [0.25, 0.3) is 11.3 Å². The second-order valence-corrected chi connectivity index (χ2v) is 7.20. The van der Waals surface area contributed by atoms with Crippen molar-refractivity contribution in [3.05, 3.63) is 72.4 Å². The number of nitrogens with zero attached hydrogens (tertiary/aromatic N) is 3. The Balaban J connectivity index is 1.86. The fourth-order valence-electron chi connectivity index (χ4n) is 2.79. The second kappa shape index (κ2) is 8.15. The van der Waals surface area contributed by atoms with Crippen LogP contribution in [0.5, 0.6) is 0 Å². The van der Waals surface area contributed by atoms with E-state index in [9.17, 15) is 0 Å². The van der Waals surface area contributed by atoms with Crippen LogP contribution < -0.4 is 0 Å². The van der Waals surface area contributed by atoms with Gasteiger partial charge in [-0.2, -0.15) is 11.8 Å². The van der Waals surface area contributed by atoms with Crippen LogP contribution in [0.1, 0.15) is 18.3 Å². The van der Waals surface area contributed by atoms with Crippen LogP contribution >= 0.6 is 11.8 Å². The summed E-state index contributed by atoms with van der Waals surface area (Å²) in [6.07, 6.45) is 7.95. The summed E-state index contributed by atoms with van der Waals surface area (Å²) in [6, 6.07) is 16.6. The van der Waals surface area contributed by atoms with Crippen molar-refractivity contribution in [2.24, 2.45) is 0 Å². The Kier molecular flexibility index (Phi) is 5.70. The Hall–Kier alpha value is -2.07. The van der Waals surface area contributed by atoms with E-state index in [1.807, 2.05) is 42.5 Å². The number of aryl methyl sites for hydroxylation is 2. The number of benzene rings is 1. The summed E-state index contributed by atoms with van der Waals surface area (Å²) in [4.78, 5) is 9.15.